The predicted molar refractivity (Wildman–Crippen MR) is 51.0 cm³/mol. The number of likely N-dealkylation sites (tertiary alicyclic amines) is 1. The van der Waals surface area contributed by atoms with Gasteiger partial charge < -0.3 is 5.73 Å². The van der Waals surface area contributed by atoms with Crippen LogP contribution in [-0.4, -0.2) is 30.1 Å². The summed E-state index contributed by atoms with van der Waals surface area (Å²) < 4.78 is 0. The zero-order valence-corrected chi connectivity index (χ0v) is 7.84. The van der Waals surface area contributed by atoms with Crippen molar-refractivity contribution in [2.24, 2.45) is 5.73 Å². The van der Waals surface area contributed by atoms with E-state index in [1.54, 1.807) is 0 Å². The van der Waals surface area contributed by atoms with Crippen LogP contribution in [0.25, 0.3) is 0 Å². The Bertz CT molecular complexity index is 141. The first-order valence-electron chi connectivity index (χ1n) is 5.37. The van der Waals surface area contributed by atoms with Crippen LogP contribution in [0.5, 0.6) is 0 Å². The lowest BCUT2D eigenvalue weighted by atomic mass is 10.1. The first kappa shape index (κ1) is 8.52. The van der Waals surface area contributed by atoms with Gasteiger partial charge in [0, 0.05) is 12.1 Å². The standard InChI is InChI=1S/C10H20N2/c11-9-5-4-6-10(9)12-7-2-1-3-8-12/h9-10H,1-8,11H2/t9-,10-/m0/s1. The van der Waals surface area contributed by atoms with Gasteiger partial charge in [-0.1, -0.05) is 12.8 Å². The summed E-state index contributed by atoms with van der Waals surface area (Å²) in [5, 5.41) is 0. The SMILES string of the molecule is N[C@H]1CCC[C@@H]1N1CCCCC1. The number of nitrogens with zero attached hydrogens (tertiary/aromatic N) is 1. The molecule has 0 aromatic rings. The quantitative estimate of drug-likeness (QED) is 0.640. The first-order chi connectivity index (χ1) is 5.88. The highest BCUT2D eigenvalue weighted by molar-refractivity contribution is 4.88. The molecular weight excluding hydrogens is 148 g/mol. The van der Waals surface area contributed by atoms with Gasteiger partial charge in [0.2, 0.25) is 0 Å². The van der Waals surface area contributed by atoms with E-state index < -0.39 is 0 Å². The molecule has 0 aromatic heterocycles. The van der Waals surface area contributed by atoms with Gasteiger partial charge in [-0.25, -0.2) is 0 Å². The summed E-state index contributed by atoms with van der Waals surface area (Å²) >= 11 is 0. The van der Waals surface area contributed by atoms with Crippen LogP contribution >= 0.6 is 0 Å². The smallest absolute Gasteiger partial charge is 0.0247 e. The van der Waals surface area contributed by atoms with E-state index in [2.05, 4.69) is 4.90 Å². The van der Waals surface area contributed by atoms with E-state index in [4.69, 9.17) is 5.73 Å². The molecule has 70 valence electrons. The lowest BCUT2D eigenvalue weighted by Gasteiger charge is -2.34. The molecule has 1 heterocycles. The van der Waals surface area contributed by atoms with Crippen LogP contribution in [0, 0.1) is 0 Å². The molecule has 1 saturated carbocycles. The fourth-order valence-electron chi connectivity index (χ4n) is 2.67. The number of nitrogens with two attached hydrogens (primary N) is 1. The highest BCUT2D eigenvalue weighted by Crippen LogP contribution is 2.25. The highest BCUT2D eigenvalue weighted by atomic mass is 15.2. The van der Waals surface area contributed by atoms with Crippen LogP contribution in [0.4, 0.5) is 0 Å². The minimum Gasteiger partial charge on any atom is -0.326 e. The van der Waals surface area contributed by atoms with Gasteiger partial charge in [0.1, 0.15) is 0 Å². The van der Waals surface area contributed by atoms with E-state index in [9.17, 15) is 0 Å². The van der Waals surface area contributed by atoms with E-state index in [1.807, 2.05) is 0 Å². The van der Waals surface area contributed by atoms with Crippen molar-refractivity contribution in [3.8, 4) is 0 Å². The van der Waals surface area contributed by atoms with Gasteiger partial charge in [0.05, 0.1) is 0 Å². The van der Waals surface area contributed by atoms with Crippen molar-refractivity contribution in [1.82, 2.24) is 4.90 Å². The molecule has 1 aliphatic heterocycles. The van der Waals surface area contributed by atoms with E-state index in [-0.39, 0.29) is 0 Å². The highest BCUT2D eigenvalue weighted by Gasteiger charge is 2.29. The molecule has 2 N–H and O–H groups in total. The molecular formula is C10H20N2. The van der Waals surface area contributed by atoms with Crippen LogP contribution in [0.15, 0.2) is 0 Å². The second kappa shape index (κ2) is 3.75. The van der Waals surface area contributed by atoms with Crippen LogP contribution in [0.3, 0.4) is 0 Å². The van der Waals surface area contributed by atoms with E-state index in [0.29, 0.717) is 6.04 Å². The maximum atomic E-state index is 6.07. The maximum Gasteiger partial charge on any atom is 0.0247 e. The van der Waals surface area contributed by atoms with E-state index >= 15 is 0 Å². The van der Waals surface area contributed by atoms with Crippen LogP contribution in [-0.2, 0) is 0 Å². The van der Waals surface area contributed by atoms with E-state index in [0.717, 1.165) is 6.04 Å². The fraction of sp³-hybridized carbons (Fsp3) is 1.00. The van der Waals surface area contributed by atoms with Gasteiger partial charge in [-0.15, -0.1) is 0 Å². The van der Waals surface area contributed by atoms with Crippen LogP contribution in [0.1, 0.15) is 38.5 Å². The maximum absolute atomic E-state index is 6.07. The molecule has 2 atom stereocenters. The first-order valence-corrected chi connectivity index (χ1v) is 5.37. The summed E-state index contributed by atoms with van der Waals surface area (Å²) in [5.41, 5.74) is 6.07. The van der Waals surface area contributed by atoms with Crippen molar-refractivity contribution in [2.75, 3.05) is 13.1 Å². The molecule has 2 nitrogen and oxygen atoms in total. The summed E-state index contributed by atoms with van der Waals surface area (Å²) in [6.07, 6.45) is 8.16. The van der Waals surface area contributed by atoms with Crippen molar-refractivity contribution < 1.29 is 0 Å². The van der Waals surface area contributed by atoms with Crippen molar-refractivity contribution in [2.45, 2.75) is 50.6 Å². The third-order valence-electron chi connectivity index (χ3n) is 3.39. The summed E-state index contributed by atoms with van der Waals surface area (Å²) in [5.74, 6) is 0. The van der Waals surface area contributed by atoms with Crippen molar-refractivity contribution >= 4 is 0 Å². The number of hydrogen-bond acceptors (Lipinski definition) is 2. The van der Waals surface area contributed by atoms with E-state index in [1.165, 1.54) is 51.6 Å². The Kier molecular flexibility index (Phi) is 2.66. The Morgan fingerprint density at radius 2 is 1.67 bits per heavy atom. The molecule has 1 aliphatic carbocycles. The number of rotatable bonds is 1. The molecule has 0 bridgehead atoms. The van der Waals surface area contributed by atoms with Crippen molar-refractivity contribution in [3.05, 3.63) is 0 Å². The summed E-state index contributed by atoms with van der Waals surface area (Å²) in [4.78, 5) is 2.63. The molecule has 0 unspecified atom stereocenters. The molecule has 2 aliphatic rings. The van der Waals surface area contributed by atoms with Crippen molar-refractivity contribution in [3.63, 3.8) is 0 Å². The lowest BCUT2D eigenvalue weighted by Crippen LogP contribution is -2.46. The third kappa shape index (κ3) is 1.64. The number of hydrogen-bond donors (Lipinski definition) is 1. The second-order valence-corrected chi connectivity index (χ2v) is 4.26. The zero-order valence-electron chi connectivity index (χ0n) is 7.84. The van der Waals surface area contributed by atoms with Gasteiger partial charge in [-0.2, -0.15) is 0 Å². The van der Waals surface area contributed by atoms with Gasteiger partial charge >= 0.3 is 0 Å². The normalized spacial score (nSPS) is 38.8. The Morgan fingerprint density at radius 1 is 0.917 bits per heavy atom. The third-order valence-corrected chi connectivity index (χ3v) is 3.39. The van der Waals surface area contributed by atoms with Crippen molar-refractivity contribution in [1.29, 1.82) is 0 Å². The molecule has 2 heteroatoms. The summed E-state index contributed by atoms with van der Waals surface area (Å²) in [6.45, 7) is 2.61. The molecule has 0 aromatic carbocycles. The van der Waals surface area contributed by atoms with Crippen LogP contribution in [0.2, 0.25) is 0 Å². The van der Waals surface area contributed by atoms with Gasteiger partial charge in [-0.3, -0.25) is 4.90 Å². The van der Waals surface area contributed by atoms with Gasteiger partial charge in [-0.05, 0) is 38.8 Å². The average molecular weight is 168 g/mol. The monoisotopic (exact) mass is 168 g/mol. The predicted octanol–water partition coefficient (Wildman–Crippen LogP) is 1.35. The fourth-order valence-corrected chi connectivity index (χ4v) is 2.67. The molecule has 12 heavy (non-hydrogen) atoms. The Morgan fingerprint density at radius 3 is 2.25 bits per heavy atom. The Balaban J connectivity index is 1.89. The minimum atomic E-state index is 0.475. The molecule has 0 amide bonds. The average Bonchev–Trinajstić information content (AvgIpc) is 2.53. The lowest BCUT2D eigenvalue weighted by molar-refractivity contribution is 0.154. The molecule has 0 radical (unpaired) electrons. The summed E-state index contributed by atoms with van der Waals surface area (Å²) in [7, 11) is 0. The zero-order chi connectivity index (χ0) is 8.39. The molecule has 0 spiro atoms. The summed E-state index contributed by atoms with van der Waals surface area (Å²) in [6, 6.07) is 1.20. The molecule has 1 saturated heterocycles. The van der Waals surface area contributed by atoms with Gasteiger partial charge in [0.15, 0.2) is 0 Å². The Hall–Kier alpha value is -0.0800. The minimum absolute atomic E-state index is 0.475. The molecule has 2 fully saturated rings. The van der Waals surface area contributed by atoms with Crippen LogP contribution < -0.4 is 5.73 Å². The molecule has 2 rings (SSSR count). The topological polar surface area (TPSA) is 29.3 Å². The Labute approximate surface area is 75.1 Å². The van der Waals surface area contributed by atoms with Gasteiger partial charge in [0.25, 0.3) is 0 Å². The second-order valence-electron chi connectivity index (χ2n) is 4.26. The number of piperidine rings is 1. The largest absolute Gasteiger partial charge is 0.326 e.